The molecule has 3 N–H and O–H groups in total. The van der Waals surface area contributed by atoms with E-state index in [1.165, 1.54) is 12.1 Å². The zero-order valence-corrected chi connectivity index (χ0v) is 17.4. The van der Waals surface area contributed by atoms with Crippen LogP contribution >= 0.6 is 11.6 Å². The maximum Gasteiger partial charge on any atom is 0.297 e. The van der Waals surface area contributed by atoms with Crippen LogP contribution in [0.25, 0.3) is 33.4 Å². The fraction of sp³-hybridized carbons (Fsp3) is 0.227. The number of aromatic nitrogens is 4. The van der Waals surface area contributed by atoms with Gasteiger partial charge < -0.3 is 10.1 Å². The van der Waals surface area contributed by atoms with Crippen LogP contribution in [-0.4, -0.2) is 45.5 Å². The Morgan fingerprint density at radius 3 is 2.84 bits per heavy atom. The molecule has 0 radical (unpaired) electrons. The topological polar surface area (TPSA) is 95.7 Å². The van der Waals surface area contributed by atoms with E-state index < -0.39 is 23.7 Å². The second-order valence-corrected chi connectivity index (χ2v) is 7.99. The summed E-state index contributed by atoms with van der Waals surface area (Å²) in [4.78, 5) is 19.1. The summed E-state index contributed by atoms with van der Waals surface area (Å²) in [5, 5.41) is 11.2. The molecular formula is C22H18ClF2N5O2. The highest BCUT2D eigenvalue weighted by atomic mass is 35.5. The lowest BCUT2D eigenvalue weighted by Gasteiger charge is -2.26. The number of hydrogen-bond donors (Lipinski definition) is 3. The minimum atomic E-state index is -1.16. The van der Waals surface area contributed by atoms with E-state index in [1.807, 2.05) is 0 Å². The zero-order chi connectivity index (χ0) is 22.2. The predicted octanol–water partition coefficient (Wildman–Crippen LogP) is 3.85. The summed E-state index contributed by atoms with van der Waals surface area (Å²) in [5.74, 6) is -0.450. The van der Waals surface area contributed by atoms with Crippen LogP contribution in [0, 0.1) is 5.82 Å². The number of piperidine rings is 1. The Hall–Kier alpha value is -3.30. The highest BCUT2D eigenvalue weighted by Crippen LogP contribution is 2.31. The Morgan fingerprint density at radius 2 is 2.03 bits per heavy atom. The van der Waals surface area contributed by atoms with E-state index >= 15 is 0 Å². The van der Waals surface area contributed by atoms with Crippen molar-refractivity contribution < 1.29 is 13.5 Å². The van der Waals surface area contributed by atoms with Crippen molar-refractivity contribution in [2.24, 2.45) is 0 Å². The van der Waals surface area contributed by atoms with Gasteiger partial charge in [0.25, 0.3) is 11.6 Å². The lowest BCUT2D eigenvalue weighted by atomic mass is 10.0. The molecule has 0 aliphatic carbocycles. The third kappa shape index (κ3) is 3.96. The van der Waals surface area contributed by atoms with Crippen molar-refractivity contribution in [3.05, 3.63) is 63.7 Å². The number of alkyl halides is 1. The van der Waals surface area contributed by atoms with Crippen LogP contribution in [0.4, 0.5) is 8.78 Å². The standard InChI is InChI=1S/C22H18ClF2N5O2/c23-12-2-3-13(16(25)8-12)11-1-4-17-14(7-11)21(30-29-17)18-9-20(31)28-22(27-18)32-19-10-26-6-5-15(19)24/h1-4,7-9,15,19,26H,5-6,10H2,(H,29,30)(H,27,28,31)/t15-,19-/m0/s1. The second-order valence-electron chi connectivity index (χ2n) is 7.56. The smallest absolute Gasteiger partial charge is 0.297 e. The van der Waals surface area contributed by atoms with Gasteiger partial charge in [-0.2, -0.15) is 10.1 Å². The molecule has 32 heavy (non-hydrogen) atoms. The van der Waals surface area contributed by atoms with Crippen molar-refractivity contribution in [2.45, 2.75) is 18.7 Å². The van der Waals surface area contributed by atoms with Crippen molar-refractivity contribution in [2.75, 3.05) is 13.1 Å². The maximum absolute atomic E-state index is 14.4. The molecule has 0 amide bonds. The van der Waals surface area contributed by atoms with Gasteiger partial charge in [-0.1, -0.05) is 17.7 Å². The van der Waals surface area contributed by atoms with Gasteiger partial charge in [0.1, 0.15) is 29.5 Å². The monoisotopic (exact) mass is 457 g/mol. The largest absolute Gasteiger partial charge is 0.457 e. The average Bonchev–Trinajstić information content (AvgIpc) is 3.18. The van der Waals surface area contributed by atoms with Crippen molar-refractivity contribution >= 4 is 22.5 Å². The number of rotatable bonds is 4. The maximum atomic E-state index is 14.4. The normalized spacial score (nSPS) is 18.7. The molecule has 164 valence electrons. The first-order valence-corrected chi connectivity index (χ1v) is 10.4. The SMILES string of the molecule is O=c1cc(-c2n[nH]c3ccc(-c4ccc(Cl)cc4F)cc23)nc(O[C@H]2CNCC[C@@H]2F)[nH]1. The Morgan fingerprint density at radius 1 is 1.16 bits per heavy atom. The number of H-pyrrole nitrogens is 2. The molecule has 1 saturated heterocycles. The van der Waals surface area contributed by atoms with Gasteiger partial charge in [-0.3, -0.25) is 14.9 Å². The van der Waals surface area contributed by atoms with Gasteiger partial charge in [-0.05, 0) is 48.9 Å². The fourth-order valence-corrected chi connectivity index (χ4v) is 3.93. The first kappa shape index (κ1) is 20.6. The number of nitrogens with one attached hydrogen (secondary N) is 3. The summed E-state index contributed by atoms with van der Waals surface area (Å²) in [5.41, 5.74) is 1.87. The third-order valence-corrected chi connectivity index (χ3v) is 5.61. The van der Waals surface area contributed by atoms with Gasteiger partial charge in [0.2, 0.25) is 0 Å². The quantitative estimate of drug-likeness (QED) is 0.432. The lowest BCUT2D eigenvalue weighted by molar-refractivity contribution is 0.0666. The van der Waals surface area contributed by atoms with E-state index in [0.717, 1.165) is 0 Å². The van der Waals surface area contributed by atoms with Crippen LogP contribution in [-0.2, 0) is 0 Å². The van der Waals surface area contributed by atoms with Crippen LogP contribution in [0.15, 0.2) is 47.3 Å². The highest BCUT2D eigenvalue weighted by molar-refractivity contribution is 6.30. The summed E-state index contributed by atoms with van der Waals surface area (Å²) in [6.07, 6.45) is -1.59. The van der Waals surface area contributed by atoms with Crippen LogP contribution in [0.1, 0.15) is 6.42 Å². The molecule has 0 spiro atoms. The molecule has 2 atom stereocenters. The summed E-state index contributed by atoms with van der Waals surface area (Å²) >= 11 is 5.86. The predicted molar refractivity (Wildman–Crippen MR) is 117 cm³/mol. The fourth-order valence-electron chi connectivity index (χ4n) is 3.77. The van der Waals surface area contributed by atoms with Crippen LogP contribution in [0.2, 0.25) is 5.02 Å². The Balaban J connectivity index is 1.54. The van der Waals surface area contributed by atoms with E-state index in [2.05, 4.69) is 25.5 Å². The number of aromatic amines is 2. The van der Waals surface area contributed by atoms with Crippen molar-refractivity contribution in [3.63, 3.8) is 0 Å². The molecule has 0 unspecified atom stereocenters. The molecule has 1 aliphatic heterocycles. The molecule has 2 aromatic carbocycles. The van der Waals surface area contributed by atoms with Crippen LogP contribution in [0.3, 0.4) is 0 Å². The van der Waals surface area contributed by atoms with E-state index in [1.54, 1.807) is 30.3 Å². The second kappa shape index (κ2) is 8.33. The van der Waals surface area contributed by atoms with Crippen molar-refractivity contribution in [1.82, 2.24) is 25.5 Å². The first-order valence-electron chi connectivity index (χ1n) is 10.0. The molecule has 1 fully saturated rings. The van der Waals surface area contributed by atoms with Gasteiger partial charge in [0, 0.05) is 28.6 Å². The van der Waals surface area contributed by atoms with Crippen molar-refractivity contribution in [1.29, 1.82) is 0 Å². The molecule has 2 aromatic heterocycles. The van der Waals surface area contributed by atoms with Gasteiger partial charge in [-0.25, -0.2) is 8.78 Å². The summed E-state index contributed by atoms with van der Waals surface area (Å²) in [7, 11) is 0. The lowest BCUT2D eigenvalue weighted by Crippen LogP contribution is -2.45. The van der Waals surface area contributed by atoms with E-state index in [9.17, 15) is 13.6 Å². The molecule has 0 saturated carbocycles. The molecule has 5 rings (SSSR count). The Labute approximate surface area is 185 Å². The highest BCUT2D eigenvalue weighted by Gasteiger charge is 2.27. The number of ether oxygens (including phenoxy) is 1. The summed E-state index contributed by atoms with van der Waals surface area (Å²) < 4.78 is 34.2. The van der Waals surface area contributed by atoms with Gasteiger partial charge in [0.15, 0.2) is 0 Å². The third-order valence-electron chi connectivity index (χ3n) is 5.38. The van der Waals surface area contributed by atoms with Crippen LogP contribution < -0.4 is 15.6 Å². The molecule has 10 heteroatoms. The van der Waals surface area contributed by atoms with Crippen LogP contribution in [0.5, 0.6) is 6.01 Å². The summed E-state index contributed by atoms with van der Waals surface area (Å²) in [6.45, 7) is 0.886. The van der Waals surface area contributed by atoms with Crippen molar-refractivity contribution in [3.8, 4) is 28.5 Å². The van der Waals surface area contributed by atoms with E-state index in [-0.39, 0.29) is 11.7 Å². The number of hydrogen-bond acceptors (Lipinski definition) is 5. The minimum absolute atomic E-state index is 0.0834. The molecule has 0 bridgehead atoms. The number of halogens is 3. The Bertz CT molecular complexity index is 1360. The molecule has 1 aliphatic rings. The van der Waals surface area contributed by atoms with Gasteiger partial charge in [-0.15, -0.1) is 0 Å². The average molecular weight is 458 g/mol. The number of benzene rings is 2. The van der Waals surface area contributed by atoms with Gasteiger partial charge in [0.05, 0.1) is 5.52 Å². The number of nitrogens with zero attached hydrogens (tertiary/aromatic N) is 2. The molecule has 7 nitrogen and oxygen atoms in total. The molecule has 4 aromatic rings. The number of fused-ring (bicyclic) bond motifs is 1. The van der Waals surface area contributed by atoms with E-state index in [0.29, 0.717) is 52.3 Å². The minimum Gasteiger partial charge on any atom is -0.457 e. The molecule has 3 heterocycles. The first-order chi connectivity index (χ1) is 15.5. The van der Waals surface area contributed by atoms with Gasteiger partial charge >= 0.3 is 0 Å². The van der Waals surface area contributed by atoms with E-state index in [4.69, 9.17) is 16.3 Å². The molecular weight excluding hydrogens is 440 g/mol. The summed E-state index contributed by atoms with van der Waals surface area (Å²) in [6, 6.07) is 10.9. The Kier molecular flexibility index (Phi) is 5.36. The zero-order valence-electron chi connectivity index (χ0n) is 16.7.